The highest BCUT2D eigenvalue weighted by atomic mass is 35.5. The predicted octanol–water partition coefficient (Wildman–Crippen LogP) is 3.90. The van der Waals surface area contributed by atoms with Gasteiger partial charge in [-0.25, -0.2) is 9.37 Å². The Balaban J connectivity index is 1.56. The van der Waals surface area contributed by atoms with Gasteiger partial charge in [0, 0.05) is 36.9 Å². The molecule has 22 heavy (non-hydrogen) atoms. The minimum absolute atomic E-state index is 0.311. The summed E-state index contributed by atoms with van der Waals surface area (Å²) < 4.78 is 13.0. The van der Waals surface area contributed by atoms with E-state index in [1.165, 1.54) is 12.1 Å². The lowest BCUT2D eigenvalue weighted by atomic mass is 10.2. The highest BCUT2D eigenvalue weighted by molar-refractivity contribution is 6.31. The first-order valence-corrected chi connectivity index (χ1v) is 7.91. The molecule has 0 aliphatic carbocycles. The van der Waals surface area contributed by atoms with Gasteiger partial charge in [0.05, 0.1) is 5.02 Å². The summed E-state index contributed by atoms with van der Waals surface area (Å²) in [5, 5.41) is 4.57. The number of nitrogens with zero attached hydrogens (tertiary/aromatic N) is 2. The van der Waals surface area contributed by atoms with Crippen LogP contribution in [-0.2, 0) is 6.54 Å². The number of halogens is 3. The van der Waals surface area contributed by atoms with Crippen molar-refractivity contribution in [2.24, 2.45) is 0 Å². The van der Waals surface area contributed by atoms with E-state index in [2.05, 4.69) is 15.2 Å². The normalized spacial score (nSPS) is 18.0. The van der Waals surface area contributed by atoms with Gasteiger partial charge in [0.2, 0.25) is 0 Å². The molecule has 3 nitrogen and oxygen atoms in total. The van der Waals surface area contributed by atoms with Gasteiger partial charge in [0.1, 0.15) is 11.6 Å². The van der Waals surface area contributed by atoms with Crippen molar-refractivity contribution in [2.75, 3.05) is 18.0 Å². The van der Waals surface area contributed by atoms with Crippen LogP contribution in [0.25, 0.3) is 0 Å². The van der Waals surface area contributed by atoms with Gasteiger partial charge in [-0.05, 0) is 36.2 Å². The summed E-state index contributed by atoms with van der Waals surface area (Å²) in [5.41, 5.74) is 0.908. The lowest BCUT2D eigenvalue weighted by Gasteiger charge is -2.18. The fraction of sp³-hybridized carbons (Fsp3) is 0.312. The summed E-state index contributed by atoms with van der Waals surface area (Å²) in [6.45, 7) is 2.46. The van der Waals surface area contributed by atoms with Crippen LogP contribution in [0.3, 0.4) is 0 Å². The van der Waals surface area contributed by atoms with Gasteiger partial charge in [-0.15, -0.1) is 0 Å². The zero-order chi connectivity index (χ0) is 15.5. The van der Waals surface area contributed by atoms with Crippen LogP contribution in [0.2, 0.25) is 10.0 Å². The first-order valence-electron chi connectivity index (χ1n) is 7.15. The SMILES string of the molecule is Fc1ccc(CN[C@H]2CCN(c3ccc(Cl)cn3)C2)c(Cl)c1. The van der Waals surface area contributed by atoms with E-state index in [-0.39, 0.29) is 5.82 Å². The number of rotatable bonds is 4. The second-order valence-corrected chi connectivity index (χ2v) is 6.23. The standard InChI is InChI=1S/C16H16Cl2FN3/c17-12-2-4-16(21-9-12)22-6-5-14(10-22)20-8-11-1-3-13(19)7-15(11)18/h1-4,7,9,14,20H,5-6,8,10H2/t14-/m0/s1. The minimum Gasteiger partial charge on any atom is -0.355 e. The molecule has 1 atom stereocenters. The van der Waals surface area contributed by atoms with Crippen LogP contribution in [0.4, 0.5) is 10.2 Å². The molecule has 1 aromatic carbocycles. The van der Waals surface area contributed by atoms with Crippen molar-refractivity contribution >= 4 is 29.0 Å². The summed E-state index contributed by atoms with van der Waals surface area (Å²) in [4.78, 5) is 6.56. The van der Waals surface area contributed by atoms with E-state index < -0.39 is 0 Å². The summed E-state index contributed by atoms with van der Waals surface area (Å²) >= 11 is 11.9. The summed E-state index contributed by atoms with van der Waals surface area (Å²) in [6.07, 6.45) is 2.69. The molecule has 3 rings (SSSR count). The van der Waals surface area contributed by atoms with Crippen LogP contribution in [0.1, 0.15) is 12.0 Å². The average Bonchev–Trinajstić information content (AvgIpc) is 2.96. The van der Waals surface area contributed by atoms with Crippen molar-refractivity contribution in [1.29, 1.82) is 0 Å². The first kappa shape index (κ1) is 15.5. The van der Waals surface area contributed by atoms with E-state index in [4.69, 9.17) is 23.2 Å². The third-order valence-corrected chi connectivity index (χ3v) is 4.40. The second kappa shape index (κ2) is 6.82. The summed E-state index contributed by atoms with van der Waals surface area (Å²) in [6, 6.07) is 8.64. The molecule has 0 amide bonds. The third kappa shape index (κ3) is 3.69. The maximum absolute atomic E-state index is 13.0. The number of anilines is 1. The van der Waals surface area contributed by atoms with Crippen LogP contribution in [0.15, 0.2) is 36.5 Å². The van der Waals surface area contributed by atoms with Crippen LogP contribution < -0.4 is 10.2 Å². The molecule has 6 heteroatoms. The van der Waals surface area contributed by atoms with Gasteiger partial charge in [-0.1, -0.05) is 29.3 Å². The Labute approximate surface area is 139 Å². The van der Waals surface area contributed by atoms with Crippen LogP contribution in [0.5, 0.6) is 0 Å². The number of pyridine rings is 1. The van der Waals surface area contributed by atoms with Crippen molar-refractivity contribution in [2.45, 2.75) is 19.0 Å². The Morgan fingerprint density at radius 1 is 1.27 bits per heavy atom. The molecule has 1 aliphatic rings. The Morgan fingerprint density at radius 2 is 2.14 bits per heavy atom. The van der Waals surface area contributed by atoms with E-state index in [0.717, 1.165) is 30.9 Å². The first-order chi connectivity index (χ1) is 10.6. The fourth-order valence-electron chi connectivity index (χ4n) is 2.61. The van der Waals surface area contributed by atoms with Gasteiger partial charge < -0.3 is 10.2 Å². The smallest absolute Gasteiger partial charge is 0.128 e. The van der Waals surface area contributed by atoms with E-state index in [0.29, 0.717) is 22.6 Å². The van der Waals surface area contributed by atoms with Crippen molar-refractivity contribution in [1.82, 2.24) is 10.3 Å². The van der Waals surface area contributed by atoms with Gasteiger partial charge >= 0.3 is 0 Å². The molecule has 0 spiro atoms. The van der Waals surface area contributed by atoms with E-state index in [1.807, 2.05) is 12.1 Å². The van der Waals surface area contributed by atoms with Crippen LogP contribution >= 0.6 is 23.2 Å². The highest BCUT2D eigenvalue weighted by Crippen LogP contribution is 2.21. The molecule has 0 radical (unpaired) electrons. The van der Waals surface area contributed by atoms with Crippen molar-refractivity contribution in [3.8, 4) is 0 Å². The largest absolute Gasteiger partial charge is 0.355 e. The monoisotopic (exact) mass is 339 g/mol. The molecule has 2 heterocycles. The highest BCUT2D eigenvalue weighted by Gasteiger charge is 2.23. The topological polar surface area (TPSA) is 28.2 Å². The second-order valence-electron chi connectivity index (χ2n) is 5.38. The minimum atomic E-state index is -0.311. The molecule has 1 aliphatic heterocycles. The van der Waals surface area contributed by atoms with Crippen LogP contribution in [0, 0.1) is 5.82 Å². The quantitative estimate of drug-likeness (QED) is 0.915. The molecule has 0 saturated carbocycles. The number of nitrogens with one attached hydrogen (secondary N) is 1. The molecule has 0 unspecified atom stereocenters. The van der Waals surface area contributed by atoms with E-state index >= 15 is 0 Å². The van der Waals surface area contributed by atoms with Crippen molar-refractivity contribution in [3.05, 3.63) is 58.0 Å². The van der Waals surface area contributed by atoms with Crippen LogP contribution in [-0.4, -0.2) is 24.1 Å². The molecule has 1 aromatic heterocycles. The summed E-state index contributed by atoms with van der Waals surface area (Å²) in [5.74, 6) is 0.628. The van der Waals surface area contributed by atoms with Gasteiger partial charge in [0.15, 0.2) is 0 Å². The Bertz CT molecular complexity index is 648. The van der Waals surface area contributed by atoms with Gasteiger partial charge in [0.25, 0.3) is 0 Å². The molecule has 1 N–H and O–H groups in total. The van der Waals surface area contributed by atoms with Gasteiger partial charge in [-0.3, -0.25) is 0 Å². The Kier molecular flexibility index (Phi) is 4.81. The zero-order valence-electron chi connectivity index (χ0n) is 11.9. The molecule has 1 saturated heterocycles. The predicted molar refractivity (Wildman–Crippen MR) is 88.1 cm³/mol. The number of aromatic nitrogens is 1. The third-order valence-electron chi connectivity index (χ3n) is 3.82. The van der Waals surface area contributed by atoms with Crippen molar-refractivity contribution < 1.29 is 4.39 Å². The number of hydrogen-bond acceptors (Lipinski definition) is 3. The Morgan fingerprint density at radius 3 is 2.86 bits per heavy atom. The molecule has 116 valence electrons. The van der Waals surface area contributed by atoms with E-state index in [9.17, 15) is 4.39 Å². The summed E-state index contributed by atoms with van der Waals surface area (Å²) in [7, 11) is 0. The lowest BCUT2D eigenvalue weighted by Crippen LogP contribution is -2.32. The van der Waals surface area contributed by atoms with Crippen molar-refractivity contribution in [3.63, 3.8) is 0 Å². The number of hydrogen-bond donors (Lipinski definition) is 1. The lowest BCUT2D eigenvalue weighted by molar-refractivity contribution is 0.550. The maximum Gasteiger partial charge on any atom is 0.128 e. The van der Waals surface area contributed by atoms with Gasteiger partial charge in [-0.2, -0.15) is 0 Å². The van der Waals surface area contributed by atoms with E-state index in [1.54, 1.807) is 12.3 Å². The zero-order valence-corrected chi connectivity index (χ0v) is 13.4. The molecular formula is C16H16Cl2FN3. The molecule has 0 bridgehead atoms. The molecule has 2 aromatic rings. The number of benzene rings is 1. The Hall–Kier alpha value is -1.36. The molecule has 1 fully saturated rings. The molecular weight excluding hydrogens is 324 g/mol. The average molecular weight is 340 g/mol. The maximum atomic E-state index is 13.0. The fourth-order valence-corrected chi connectivity index (χ4v) is 2.96.